The second kappa shape index (κ2) is 9.54. The van der Waals surface area contributed by atoms with E-state index in [0.29, 0.717) is 32.3 Å². The van der Waals surface area contributed by atoms with Gasteiger partial charge in [-0.05, 0) is 73.2 Å². The van der Waals surface area contributed by atoms with Crippen LogP contribution in [0.1, 0.15) is 16.1 Å². The van der Waals surface area contributed by atoms with Crippen LogP contribution >= 0.6 is 23.2 Å². The second-order valence-electron chi connectivity index (χ2n) is 7.39. The summed E-state index contributed by atoms with van der Waals surface area (Å²) in [5.41, 5.74) is 4.42. The van der Waals surface area contributed by atoms with Gasteiger partial charge in [-0.15, -0.1) is 0 Å². The first kappa shape index (κ1) is 23.3. The number of halogens is 3. The first-order valence-electron chi connectivity index (χ1n) is 9.97. The summed E-state index contributed by atoms with van der Waals surface area (Å²) in [5.74, 6) is -3.01. The van der Waals surface area contributed by atoms with Gasteiger partial charge in [-0.2, -0.15) is 0 Å². The number of carbonyl (C=O) groups is 3. The molecule has 0 aliphatic carbocycles. The molecule has 3 aromatic carbocycles. The lowest BCUT2D eigenvalue weighted by Crippen LogP contribution is -2.36. The molecule has 0 aliphatic heterocycles. The molecular formula is C24H17Cl2FN4O3. The Morgan fingerprint density at radius 2 is 1.53 bits per heavy atom. The summed E-state index contributed by atoms with van der Waals surface area (Å²) >= 11 is 12.1. The number of aromatic nitrogens is 1. The number of nitrogens with one attached hydrogen (secondary N) is 3. The molecule has 0 spiro atoms. The van der Waals surface area contributed by atoms with Crippen molar-refractivity contribution >= 4 is 63.2 Å². The third-order valence-corrected chi connectivity index (χ3v) is 5.59. The predicted molar refractivity (Wildman–Crippen MR) is 130 cm³/mol. The lowest BCUT2D eigenvalue weighted by Gasteiger charge is -2.13. The molecule has 3 amide bonds. The Labute approximate surface area is 203 Å². The van der Waals surface area contributed by atoms with E-state index >= 15 is 0 Å². The van der Waals surface area contributed by atoms with Crippen LogP contribution < -0.4 is 16.1 Å². The van der Waals surface area contributed by atoms with Crippen LogP contribution in [-0.2, 0) is 9.59 Å². The Balaban J connectivity index is 1.61. The molecule has 0 fully saturated rings. The SMILES string of the molecule is Cc1ccc(NC(=O)C(=O)Nn2c(C(=O)Nc3ccc(F)cc3)cc3cc(Cl)ccc32)cc1Cl. The minimum absolute atomic E-state index is 0.0288. The summed E-state index contributed by atoms with van der Waals surface area (Å²) in [6, 6.07) is 16.4. The number of fused-ring (bicyclic) bond motifs is 1. The molecule has 0 unspecified atom stereocenters. The minimum atomic E-state index is -1.01. The molecule has 1 aromatic heterocycles. The number of rotatable bonds is 4. The van der Waals surface area contributed by atoms with E-state index in [1.807, 2.05) is 6.92 Å². The van der Waals surface area contributed by atoms with Crippen molar-refractivity contribution in [3.8, 4) is 0 Å². The van der Waals surface area contributed by atoms with Gasteiger partial charge in [0, 0.05) is 26.8 Å². The van der Waals surface area contributed by atoms with E-state index < -0.39 is 23.5 Å². The third kappa shape index (κ3) is 5.03. The van der Waals surface area contributed by atoms with Crippen LogP contribution in [0.25, 0.3) is 10.9 Å². The lowest BCUT2D eigenvalue weighted by molar-refractivity contribution is -0.133. The summed E-state index contributed by atoms with van der Waals surface area (Å²) in [6.45, 7) is 1.81. The van der Waals surface area contributed by atoms with Crippen LogP contribution in [0.3, 0.4) is 0 Å². The van der Waals surface area contributed by atoms with Crippen LogP contribution in [0.15, 0.2) is 66.7 Å². The van der Waals surface area contributed by atoms with Crippen molar-refractivity contribution in [1.29, 1.82) is 0 Å². The molecule has 0 atom stereocenters. The van der Waals surface area contributed by atoms with Crippen LogP contribution in [0.2, 0.25) is 10.0 Å². The fraction of sp³-hybridized carbons (Fsp3) is 0.0417. The standard InChI is InChI=1S/C24H17Cl2FN4O3/c1-13-2-6-18(12-19(13)26)29-23(33)24(34)30-31-20-9-3-15(25)10-14(20)11-21(31)22(32)28-17-7-4-16(27)5-8-17/h2-12H,1H3,(H,28,32)(H,29,33)(H,30,34). The molecule has 0 bridgehead atoms. The van der Waals surface area contributed by atoms with Gasteiger partial charge in [0.05, 0.1) is 5.52 Å². The molecule has 4 aromatic rings. The van der Waals surface area contributed by atoms with Crippen LogP contribution in [0.5, 0.6) is 0 Å². The zero-order valence-corrected chi connectivity index (χ0v) is 19.2. The van der Waals surface area contributed by atoms with Gasteiger partial charge in [0.15, 0.2) is 0 Å². The van der Waals surface area contributed by atoms with Crippen molar-refractivity contribution in [2.24, 2.45) is 0 Å². The first-order chi connectivity index (χ1) is 16.2. The Morgan fingerprint density at radius 1 is 0.824 bits per heavy atom. The van der Waals surface area contributed by atoms with Gasteiger partial charge in [0.25, 0.3) is 5.91 Å². The molecule has 4 rings (SSSR count). The van der Waals surface area contributed by atoms with E-state index in [-0.39, 0.29) is 5.69 Å². The van der Waals surface area contributed by atoms with Gasteiger partial charge < -0.3 is 10.6 Å². The molecule has 34 heavy (non-hydrogen) atoms. The second-order valence-corrected chi connectivity index (χ2v) is 8.23. The maximum absolute atomic E-state index is 13.2. The van der Waals surface area contributed by atoms with Gasteiger partial charge in [0.2, 0.25) is 0 Å². The Hall–Kier alpha value is -3.88. The molecule has 0 saturated carbocycles. The normalized spacial score (nSPS) is 10.7. The molecule has 7 nitrogen and oxygen atoms in total. The van der Waals surface area contributed by atoms with Gasteiger partial charge in [-0.25, -0.2) is 9.07 Å². The number of amides is 3. The molecule has 10 heteroatoms. The van der Waals surface area contributed by atoms with Crippen LogP contribution in [0.4, 0.5) is 15.8 Å². The van der Waals surface area contributed by atoms with Crippen molar-refractivity contribution in [3.05, 3.63) is 93.8 Å². The molecular weight excluding hydrogens is 482 g/mol. The Bertz CT molecular complexity index is 1430. The van der Waals surface area contributed by atoms with E-state index in [4.69, 9.17) is 23.2 Å². The predicted octanol–water partition coefficient (Wildman–Crippen LogP) is 5.36. The van der Waals surface area contributed by atoms with Crippen molar-refractivity contribution in [2.75, 3.05) is 16.1 Å². The highest BCUT2D eigenvalue weighted by atomic mass is 35.5. The van der Waals surface area contributed by atoms with Gasteiger partial charge in [-0.3, -0.25) is 19.8 Å². The van der Waals surface area contributed by atoms with Crippen LogP contribution in [-0.4, -0.2) is 22.4 Å². The fourth-order valence-electron chi connectivity index (χ4n) is 3.21. The molecule has 0 radical (unpaired) electrons. The molecule has 0 saturated heterocycles. The number of aryl methyl sites for hydroxylation is 1. The number of nitrogens with zero attached hydrogens (tertiary/aromatic N) is 1. The number of hydrogen-bond acceptors (Lipinski definition) is 3. The largest absolute Gasteiger partial charge is 0.328 e. The first-order valence-corrected chi connectivity index (χ1v) is 10.7. The van der Waals surface area contributed by atoms with E-state index in [1.165, 1.54) is 41.1 Å². The maximum Gasteiger partial charge on any atom is 0.328 e. The van der Waals surface area contributed by atoms with Crippen molar-refractivity contribution in [1.82, 2.24) is 4.68 Å². The fourth-order valence-corrected chi connectivity index (χ4v) is 3.57. The van der Waals surface area contributed by atoms with Gasteiger partial charge >= 0.3 is 11.8 Å². The average molecular weight is 499 g/mol. The smallest absolute Gasteiger partial charge is 0.321 e. The van der Waals surface area contributed by atoms with Gasteiger partial charge in [-0.1, -0.05) is 29.3 Å². The Kier molecular flexibility index (Phi) is 6.54. The summed E-state index contributed by atoms with van der Waals surface area (Å²) in [4.78, 5) is 38.1. The summed E-state index contributed by atoms with van der Waals surface area (Å²) in [5, 5.41) is 6.52. The quantitative estimate of drug-likeness (QED) is 0.331. The highest BCUT2D eigenvalue weighted by Crippen LogP contribution is 2.24. The van der Waals surface area contributed by atoms with Crippen molar-refractivity contribution < 1.29 is 18.8 Å². The monoisotopic (exact) mass is 498 g/mol. The number of carbonyl (C=O) groups excluding carboxylic acids is 3. The minimum Gasteiger partial charge on any atom is -0.321 e. The molecule has 3 N–H and O–H groups in total. The highest BCUT2D eigenvalue weighted by molar-refractivity contribution is 6.42. The Morgan fingerprint density at radius 3 is 2.24 bits per heavy atom. The number of hydrogen-bond donors (Lipinski definition) is 3. The van der Waals surface area contributed by atoms with E-state index in [2.05, 4.69) is 16.1 Å². The lowest BCUT2D eigenvalue weighted by atomic mass is 10.2. The van der Waals surface area contributed by atoms with E-state index in [0.717, 1.165) is 5.56 Å². The zero-order chi connectivity index (χ0) is 24.4. The number of anilines is 2. The molecule has 0 aliphatic rings. The summed E-state index contributed by atoms with van der Waals surface area (Å²) < 4.78 is 14.4. The topological polar surface area (TPSA) is 92.2 Å². The third-order valence-electron chi connectivity index (χ3n) is 4.95. The number of benzene rings is 3. The van der Waals surface area contributed by atoms with Crippen molar-refractivity contribution in [3.63, 3.8) is 0 Å². The summed E-state index contributed by atoms with van der Waals surface area (Å²) in [7, 11) is 0. The highest BCUT2D eigenvalue weighted by Gasteiger charge is 2.21. The molecule has 172 valence electrons. The van der Waals surface area contributed by atoms with E-state index in [9.17, 15) is 18.8 Å². The van der Waals surface area contributed by atoms with Gasteiger partial charge in [0.1, 0.15) is 11.5 Å². The zero-order valence-electron chi connectivity index (χ0n) is 17.7. The van der Waals surface area contributed by atoms with E-state index in [1.54, 1.807) is 30.3 Å². The maximum atomic E-state index is 13.2. The molecule has 1 heterocycles. The van der Waals surface area contributed by atoms with Crippen LogP contribution in [0, 0.1) is 12.7 Å². The van der Waals surface area contributed by atoms with Crippen molar-refractivity contribution in [2.45, 2.75) is 6.92 Å². The average Bonchev–Trinajstić information content (AvgIpc) is 3.15. The summed E-state index contributed by atoms with van der Waals surface area (Å²) in [6.07, 6.45) is 0.